The average Bonchev–Trinajstić information content (AvgIpc) is 2.95. The Balaban J connectivity index is 0.00000533. The summed E-state index contributed by atoms with van der Waals surface area (Å²) < 4.78 is 0. The topological polar surface area (TPSA) is 146 Å². The first-order chi connectivity index (χ1) is 18.5. The van der Waals surface area contributed by atoms with Crippen LogP contribution in [0.15, 0.2) is 78.9 Å². The van der Waals surface area contributed by atoms with Gasteiger partial charge in [-0.05, 0) is 73.5 Å². The van der Waals surface area contributed by atoms with E-state index in [0.29, 0.717) is 16.8 Å². The molecule has 0 aromatic heterocycles. The number of aryl methyl sites for hydroxylation is 1. The van der Waals surface area contributed by atoms with Gasteiger partial charge in [-0.1, -0.05) is 49.6 Å². The Bertz CT molecular complexity index is 1270. The molecular formula is C30H35N5O4. The number of carbonyl (C=O) groups is 3. The van der Waals surface area contributed by atoms with Crippen molar-refractivity contribution in [3.8, 4) is 11.8 Å². The molecule has 0 aliphatic carbocycles. The minimum atomic E-state index is -1.04. The molecule has 0 unspecified atom stereocenters. The molecule has 3 rings (SSSR count). The predicted molar refractivity (Wildman–Crippen MR) is 152 cm³/mol. The predicted octanol–water partition coefficient (Wildman–Crippen LogP) is 2.45. The van der Waals surface area contributed by atoms with Crippen LogP contribution in [0.5, 0.6) is 0 Å². The minimum Gasteiger partial charge on any atom is -0.339 e. The van der Waals surface area contributed by atoms with Crippen LogP contribution in [-0.4, -0.2) is 48.6 Å². The molecule has 39 heavy (non-hydrogen) atoms. The third-order valence-corrected chi connectivity index (χ3v) is 5.58. The van der Waals surface area contributed by atoms with Crippen LogP contribution in [0.25, 0.3) is 0 Å². The zero-order valence-electron chi connectivity index (χ0n) is 20.9. The molecule has 204 valence electrons. The summed E-state index contributed by atoms with van der Waals surface area (Å²) in [5.41, 5.74) is 10.7. The lowest BCUT2D eigenvalue weighted by Gasteiger charge is -2.14. The molecule has 0 heterocycles. The quantitative estimate of drug-likeness (QED) is 0.0974. The van der Waals surface area contributed by atoms with E-state index in [1.165, 1.54) is 11.0 Å². The zero-order chi connectivity index (χ0) is 27.2. The summed E-state index contributed by atoms with van der Waals surface area (Å²) in [6.07, 6.45) is 1.93. The van der Waals surface area contributed by atoms with Crippen molar-refractivity contribution in [1.29, 1.82) is 0 Å². The van der Waals surface area contributed by atoms with Crippen molar-refractivity contribution in [2.24, 2.45) is 5.73 Å². The highest BCUT2D eigenvalue weighted by atomic mass is 16.5. The van der Waals surface area contributed by atoms with Crippen LogP contribution in [0.3, 0.4) is 0 Å². The molecule has 3 aromatic rings. The Morgan fingerprint density at radius 1 is 0.872 bits per heavy atom. The molecule has 0 aliphatic rings. The smallest absolute Gasteiger partial charge is 0.267 e. The second-order valence-electron chi connectivity index (χ2n) is 8.46. The molecule has 0 bridgehead atoms. The number of rotatable bonds is 11. The number of hydroxylamine groups is 1. The molecule has 0 saturated carbocycles. The van der Waals surface area contributed by atoms with Gasteiger partial charge in [0.25, 0.3) is 11.8 Å². The summed E-state index contributed by atoms with van der Waals surface area (Å²) in [5, 5.41) is 17.2. The number of carbonyl (C=O) groups excluding carboxylic acids is 3. The summed E-state index contributed by atoms with van der Waals surface area (Å²) in [6, 6.07) is 23.0. The third kappa shape index (κ3) is 10.4. The van der Waals surface area contributed by atoms with Crippen molar-refractivity contribution in [3.05, 3.63) is 101 Å². The van der Waals surface area contributed by atoms with Crippen molar-refractivity contribution in [2.75, 3.05) is 25.0 Å². The molecule has 7 N–H and O–H groups in total. The first-order valence-corrected chi connectivity index (χ1v) is 12.2. The summed E-state index contributed by atoms with van der Waals surface area (Å²) in [4.78, 5) is 35.9. The standard InChI is InChI=1S/C29H31N5O4.CH4/c30-19-26(29(37)34-38)33-28(36)24-14-10-22(11-15-24)8-9-23-12-16-25(17-13-23)32-27(35)20-31-18-4-7-21-5-2-1-3-6-21;/h1-3,5-6,10-17,26,31,38H,4,7,18-20,30H2,(H,32,35)(H,33,36)(H,34,37);1H4/t26-;/m0./s1. The van der Waals surface area contributed by atoms with Gasteiger partial charge in [0.05, 0.1) is 6.54 Å². The first kappa shape index (κ1) is 30.7. The second kappa shape index (κ2) is 16.4. The lowest BCUT2D eigenvalue weighted by atomic mass is 10.1. The van der Waals surface area contributed by atoms with Crippen molar-refractivity contribution < 1.29 is 19.6 Å². The van der Waals surface area contributed by atoms with E-state index in [9.17, 15) is 14.4 Å². The zero-order valence-corrected chi connectivity index (χ0v) is 20.9. The minimum absolute atomic E-state index is 0. The van der Waals surface area contributed by atoms with Gasteiger partial charge in [0.2, 0.25) is 5.91 Å². The lowest BCUT2D eigenvalue weighted by Crippen LogP contribution is -2.50. The Hall–Kier alpha value is -4.49. The normalized spacial score (nSPS) is 10.7. The van der Waals surface area contributed by atoms with Gasteiger partial charge < -0.3 is 21.7 Å². The van der Waals surface area contributed by atoms with Gasteiger partial charge in [-0.2, -0.15) is 0 Å². The van der Waals surface area contributed by atoms with Crippen molar-refractivity contribution in [2.45, 2.75) is 26.3 Å². The van der Waals surface area contributed by atoms with Gasteiger partial charge in [-0.25, -0.2) is 5.48 Å². The average molecular weight is 530 g/mol. The summed E-state index contributed by atoms with van der Waals surface area (Å²) in [5.74, 6) is 4.67. The van der Waals surface area contributed by atoms with Crippen LogP contribution < -0.4 is 27.2 Å². The maximum Gasteiger partial charge on any atom is 0.267 e. The largest absolute Gasteiger partial charge is 0.339 e. The lowest BCUT2D eigenvalue weighted by molar-refractivity contribution is -0.130. The number of benzene rings is 3. The number of nitrogens with two attached hydrogens (primary N) is 1. The molecule has 3 amide bonds. The summed E-state index contributed by atoms with van der Waals surface area (Å²) in [6.45, 7) is 0.847. The molecule has 0 radical (unpaired) electrons. The Morgan fingerprint density at radius 3 is 2.08 bits per heavy atom. The van der Waals surface area contributed by atoms with Crippen molar-refractivity contribution >= 4 is 23.4 Å². The van der Waals surface area contributed by atoms with Gasteiger partial charge in [0.15, 0.2) is 0 Å². The fourth-order valence-electron chi connectivity index (χ4n) is 3.51. The number of hydrogen-bond acceptors (Lipinski definition) is 6. The van der Waals surface area contributed by atoms with E-state index >= 15 is 0 Å². The van der Waals surface area contributed by atoms with E-state index in [-0.39, 0.29) is 26.4 Å². The Kier molecular flexibility index (Phi) is 12.9. The number of hydrogen-bond donors (Lipinski definition) is 6. The van der Waals surface area contributed by atoms with E-state index in [0.717, 1.165) is 24.9 Å². The second-order valence-corrected chi connectivity index (χ2v) is 8.46. The Labute approximate surface area is 229 Å². The highest BCUT2D eigenvalue weighted by Gasteiger charge is 2.19. The van der Waals surface area contributed by atoms with Crippen LogP contribution in [0.1, 0.15) is 40.9 Å². The molecule has 9 nitrogen and oxygen atoms in total. The van der Waals surface area contributed by atoms with Crippen LogP contribution in [0, 0.1) is 11.8 Å². The van der Waals surface area contributed by atoms with E-state index in [4.69, 9.17) is 10.9 Å². The summed E-state index contributed by atoms with van der Waals surface area (Å²) in [7, 11) is 0. The molecular weight excluding hydrogens is 494 g/mol. The van der Waals surface area contributed by atoms with Gasteiger partial charge in [0, 0.05) is 28.9 Å². The number of nitrogens with one attached hydrogen (secondary N) is 4. The van der Waals surface area contributed by atoms with Crippen LogP contribution >= 0.6 is 0 Å². The SMILES string of the molecule is C.NC[C@H](NC(=O)c1ccc(C#Cc2ccc(NC(=O)CNCCCc3ccccc3)cc2)cc1)C(=O)NO. The maximum absolute atomic E-state index is 12.3. The van der Waals surface area contributed by atoms with Gasteiger partial charge in [-0.3, -0.25) is 19.6 Å². The van der Waals surface area contributed by atoms with Gasteiger partial charge >= 0.3 is 0 Å². The van der Waals surface area contributed by atoms with E-state index in [2.05, 4.69) is 39.9 Å². The van der Waals surface area contributed by atoms with Crippen LogP contribution in [-0.2, 0) is 16.0 Å². The van der Waals surface area contributed by atoms with Crippen LogP contribution in [0.4, 0.5) is 5.69 Å². The molecule has 1 atom stereocenters. The fourth-order valence-corrected chi connectivity index (χ4v) is 3.51. The van der Waals surface area contributed by atoms with Crippen LogP contribution in [0.2, 0.25) is 0 Å². The van der Waals surface area contributed by atoms with Gasteiger partial charge in [0.1, 0.15) is 6.04 Å². The van der Waals surface area contributed by atoms with Crippen molar-refractivity contribution in [1.82, 2.24) is 16.1 Å². The number of amides is 3. The van der Waals surface area contributed by atoms with E-state index in [1.807, 2.05) is 30.3 Å². The van der Waals surface area contributed by atoms with Crippen molar-refractivity contribution in [3.63, 3.8) is 0 Å². The maximum atomic E-state index is 12.3. The monoisotopic (exact) mass is 529 g/mol. The highest BCUT2D eigenvalue weighted by molar-refractivity contribution is 5.97. The summed E-state index contributed by atoms with van der Waals surface area (Å²) >= 11 is 0. The third-order valence-electron chi connectivity index (χ3n) is 5.58. The Morgan fingerprint density at radius 2 is 1.49 bits per heavy atom. The molecule has 0 aliphatic heterocycles. The first-order valence-electron chi connectivity index (χ1n) is 12.2. The molecule has 0 fully saturated rings. The van der Waals surface area contributed by atoms with E-state index in [1.54, 1.807) is 36.4 Å². The molecule has 0 saturated heterocycles. The molecule has 3 aromatic carbocycles. The molecule has 0 spiro atoms. The van der Waals surface area contributed by atoms with Gasteiger partial charge in [-0.15, -0.1) is 0 Å². The van der Waals surface area contributed by atoms with E-state index < -0.39 is 17.9 Å². The highest BCUT2D eigenvalue weighted by Crippen LogP contribution is 2.10. The number of anilines is 1. The molecule has 9 heteroatoms. The fraction of sp³-hybridized carbons (Fsp3) is 0.233.